The van der Waals surface area contributed by atoms with Crippen molar-refractivity contribution in [2.75, 3.05) is 0 Å². The van der Waals surface area contributed by atoms with E-state index in [1.807, 2.05) is 29.0 Å². The number of hydrogen-bond donors (Lipinski definition) is 0. The summed E-state index contributed by atoms with van der Waals surface area (Å²) in [6.45, 7) is 0. The zero-order valence-electron chi connectivity index (χ0n) is 13.4. The van der Waals surface area contributed by atoms with E-state index in [4.69, 9.17) is 0 Å². The van der Waals surface area contributed by atoms with Gasteiger partial charge in [-0.3, -0.25) is 0 Å². The quantitative estimate of drug-likeness (QED) is 0.266. The van der Waals surface area contributed by atoms with Gasteiger partial charge in [-0.2, -0.15) is 0 Å². The number of allylic oxidation sites excluding steroid dienone is 1. The minimum absolute atomic E-state index is 0.176. The molecule has 5 rings (SSSR count). The number of aromatic nitrogens is 3. The van der Waals surface area contributed by atoms with Crippen LogP contribution in [0.3, 0.4) is 0 Å². The van der Waals surface area contributed by atoms with Crippen LogP contribution in [0.4, 0.5) is 0 Å². The van der Waals surface area contributed by atoms with Crippen molar-refractivity contribution in [1.29, 1.82) is 0 Å². The summed E-state index contributed by atoms with van der Waals surface area (Å²) in [4.78, 5) is 33.8. The Morgan fingerprint density at radius 1 is 0.885 bits per heavy atom. The van der Waals surface area contributed by atoms with Crippen molar-refractivity contribution in [2.24, 2.45) is 0 Å². The molecule has 3 aromatic heterocycles. The van der Waals surface area contributed by atoms with Crippen molar-refractivity contribution < 1.29 is 9.59 Å². The van der Waals surface area contributed by atoms with E-state index in [2.05, 4.69) is 9.97 Å². The summed E-state index contributed by atoms with van der Waals surface area (Å²) < 4.78 is 4.26. The van der Waals surface area contributed by atoms with Crippen LogP contribution in [-0.4, -0.2) is 46.5 Å². The molecule has 0 spiro atoms. The van der Waals surface area contributed by atoms with Gasteiger partial charge in [0.25, 0.3) is 0 Å². The van der Waals surface area contributed by atoms with Gasteiger partial charge in [0.1, 0.15) is 0 Å². The van der Waals surface area contributed by atoms with Crippen LogP contribution in [0.5, 0.6) is 0 Å². The normalized spacial score (nSPS) is 13.5. The van der Waals surface area contributed by atoms with Gasteiger partial charge in [-0.15, -0.1) is 0 Å². The number of benzene rings is 1. The van der Waals surface area contributed by atoms with E-state index < -0.39 is 20.4 Å². The topological polar surface area (TPSA) is 64.8 Å². The van der Waals surface area contributed by atoms with E-state index in [0.717, 1.165) is 18.4 Å². The molecule has 6 heteroatoms. The van der Waals surface area contributed by atoms with Crippen molar-refractivity contribution in [3.63, 3.8) is 0 Å². The van der Waals surface area contributed by atoms with Gasteiger partial charge in [0.15, 0.2) is 0 Å². The summed E-state index contributed by atoms with van der Waals surface area (Å²) in [7, 11) is 0. The molecule has 0 atom stereocenters. The molecule has 0 bridgehead atoms. The van der Waals surface area contributed by atoms with E-state index in [-0.39, 0.29) is 17.1 Å². The number of fused-ring (bicyclic) bond motifs is 2. The summed E-state index contributed by atoms with van der Waals surface area (Å²) in [6, 6.07) is 13.0. The molecule has 1 aliphatic rings. The first kappa shape index (κ1) is 15.4. The second-order valence-electron chi connectivity index (χ2n) is 5.89. The van der Waals surface area contributed by atoms with Crippen LogP contribution in [0.1, 0.15) is 24.3 Å². The van der Waals surface area contributed by atoms with Crippen molar-refractivity contribution >= 4 is 49.2 Å². The Hall–Kier alpha value is -2.81. The van der Waals surface area contributed by atoms with E-state index in [1.165, 1.54) is 0 Å². The summed E-state index contributed by atoms with van der Waals surface area (Å²) in [5.41, 5.74) is 2.95. The summed E-state index contributed by atoms with van der Waals surface area (Å²) >= 11 is -0.722. The minimum atomic E-state index is -0.722. The molecule has 3 heterocycles. The Bertz CT molecular complexity index is 1200. The fraction of sp³-hybridized carbons (Fsp3) is 0. The summed E-state index contributed by atoms with van der Waals surface area (Å²) in [5, 5.41) is 0. The van der Waals surface area contributed by atoms with Crippen molar-refractivity contribution in [3.05, 3.63) is 81.3 Å². The van der Waals surface area contributed by atoms with Gasteiger partial charge in [-0.1, -0.05) is 0 Å². The Morgan fingerprint density at radius 3 is 2.38 bits per heavy atom. The Kier molecular flexibility index (Phi) is 3.49. The molecular formula is C20H11N3O2Te. The van der Waals surface area contributed by atoms with Crippen molar-refractivity contribution in [3.8, 4) is 3.70 Å². The van der Waals surface area contributed by atoms with Gasteiger partial charge >= 0.3 is 158 Å². The van der Waals surface area contributed by atoms with Crippen LogP contribution in [-0.2, 0) is 0 Å². The molecule has 0 radical (unpaired) electrons. The summed E-state index contributed by atoms with van der Waals surface area (Å²) in [6.07, 6.45) is 7.09. The Labute approximate surface area is 158 Å². The molecule has 26 heavy (non-hydrogen) atoms. The van der Waals surface area contributed by atoms with E-state index in [0.29, 0.717) is 11.1 Å². The maximum absolute atomic E-state index is 12.5. The molecular weight excluding hydrogens is 442 g/mol. The number of ketones is 2. The molecule has 0 N–H and O–H groups in total. The molecule has 0 saturated carbocycles. The van der Waals surface area contributed by atoms with Gasteiger partial charge in [0.2, 0.25) is 0 Å². The molecule has 124 valence electrons. The number of hydrogen-bond acceptors (Lipinski definition) is 4. The summed E-state index contributed by atoms with van der Waals surface area (Å²) in [5.74, 6) is -0.352. The average molecular weight is 453 g/mol. The third kappa shape index (κ3) is 2.31. The molecule has 1 aliphatic carbocycles. The second-order valence-corrected chi connectivity index (χ2v) is 9.01. The van der Waals surface area contributed by atoms with E-state index >= 15 is 0 Å². The van der Waals surface area contributed by atoms with Gasteiger partial charge in [-0.05, 0) is 0 Å². The molecule has 0 saturated heterocycles. The van der Waals surface area contributed by atoms with Crippen LogP contribution in [0.25, 0.3) is 20.9 Å². The monoisotopic (exact) mass is 455 g/mol. The number of nitrogens with zero attached hydrogens (tertiary/aromatic N) is 3. The van der Waals surface area contributed by atoms with Gasteiger partial charge < -0.3 is 0 Å². The number of carbonyl (C=O) groups is 2. The van der Waals surface area contributed by atoms with Crippen molar-refractivity contribution in [1.82, 2.24) is 14.5 Å². The third-order valence-corrected chi connectivity index (χ3v) is 7.30. The fourth-order valence-electron chi connectivity index (χ4n) is 3.13. The van der Waals surface area contributed by atoms with Gasteiger partial charge in [0, 0.05) is 0 Å². The van der Waals surface area contributed by atoms with Crippen molar-refractivity contribution in [2.45, 2.75) is 0 Å². The van der Waals surface area contributed by atoms with E-state index in [9.17, 15) is 9.59 Å². The Morgan fingerprint density at radius 2 is 1.62 bits per heavy atom. The molecule has 1 aromatic carbocycles. The van der Waals surface area contributed by atoms with Gasteiger partial charge in [-0.25, -0.2) is 0 Å². The first-order valence-electron chi connectivity index (χ1n) is 8.01. The molecule has 0 fully saturated rings. The van der Waals surface area contributed by atoms with Gasteiger partial charge in [0.05, 0.1) is 0 Å². The van der Waals surface area contributed by atoms with Crippen LogP contribution in [0, 0.1) is 0 Å². The van der Waals surface area contributed by atoms with Crippen LogP contribution in [0.15, 0.2) is 66.6 Å². The number of rotatable bonds is 2. The molecule has 4 aromatic rings. The second kappa shape index (κ2) is 5.87. The molecule has 5 nitrogen and oxygen atoms in total. The third-order valence-electron chi connectivity index (χ3n) is 4.36. The molecule has 0 unspecified atom stereocenters. The fourth-order valence-corrected chi connectivity index (χ4v) is 5.80. The zero-order valence-corrected chi connectivity index (χ0v) is 15.7. The van der Waals surface area contributed by atoms with Crippen LogP contribution in [0.2, 0.25) is 0 Å². The predicted molar refractivity (Wildman–Crippen MR) is 98.9 cm³/mol. The first-order chi connectivity index (χ1) is 12.7. The van der Waals surface area contributed by atoms with Crippen LogP contribution < -0.4 is 0 Å². The maximum atomic E-state index is 12.5. The molecule has 0 amide bonds. The number of Topliss-reactive ketones (excluding diaryl/α,β-unsaturated/α-hetero) is 2. The SMILES string of the molecule is O=C1C(=Cc2ccc(-n3ccc4nccnc43)[te]2)C(=O)c2ccccc21. The van der Waals surface area contributed by atoms with Crippen LogP contribution >= 0.6 is 0 Å². The Balaban J connectivity index is 1.55. The molecule has 0 aliphatic heterocycles. The average Bonchev–Trinajstić information content (AvgIpc) is 3.36. The predicted octanol–water partition coefficient (Wildman–Crippen LogP) is 2.94. The first-order valence-corrected chi connectivity index (χ1v) is 10.3. The number of carbonyl (C=O) groups excluding carboxylic acids is 2. The standard InChI is InChI=1S/C20H11N3O2Te/c24-18-13-3-1-2-4-14(13)19(25)15(18)11-12-5-6-17(26-12)23-10-7-16-20(23)22-9-8-21-16/h1-11H. The zero-order chi connectivity index (χ0) is 17.7. The van der Waals surface area contributed by atoms with E-state index in [1.54, 1.807) is 42.7 Å².